The van der Waals surface area contributed by atoms with Crippen LogP contribution in [0.1, 0.15) is 23.6 Å². The van der Waals surface area contributed by atoms with Crippen molar-refractivity contribution in [1.29, 1.82) is 0 Å². The first-order valence-corrected chi connectivity index (χ1v) is 11.6. The number of ketones is 1. The van der Waals surface area contributed by atoms with Gasteiger partial charge in [-0.05, 0) is 42.8 Å². The molecule has 0 aliphatic carbocycles. The summed E-state index contributed by atoms with van der Waals surface area (Å²) in [5.41, 5.74) is 0.735. The minimum Gasteiger partial charge on any atom is -0.507 e. The van der Waals surface area contributed by atoms with Crippen LogP contribution in [-0.4, -0.2) is 59.1 Å². The van der Waals surface area contributed by atoms with Crippen molar-refractivity contribution in [3.05, 3.63) is 76.8 Å². The van der Waals surface area contributed by atoms with Crippen LogP contribution in [0, 0.1) is 0 Å². The minimum absolute atomic E-state index is 0.0598. The molecule has 9 nitrogen and oxygen atoms in total. The number of imidazole rings is 1. The zero-order valence-corrected chi connectivity index (χ0v) is 20.9. The molecule has 1 aliphatic rings. The number of nitrogens with zero attached hydrogens (tertiary/aromatic N) is 3. The Kier molecular flexibility index (Phi) is 7.49. The lowest BCUT2D eigenvalue weighted by atomic mass is 9.94. The van der Waals surface area contributed by atoms with E-state index < -0.39 is 17.7 Å². The Bertz CT molecular complexity index is 1310. The molecule has 0 bridgehead atoms. The van der Waals surface area contributed by atoms with Crippen molar-refractivity contribution < 1.29 is 28.9 Å². The molecule has 1 aromatic heterocycles. The fraction of sp³-hybridized carbons (Fsp3) is 0.269. The normalized spacial score (nSPS) is 16.9. The fourth-order valence-corrected chi connectivity index (χ4v) is 4.56. The second kappa shape index (κ2) is 10.7. The number of aliphatic hydroxyl groups is 1. The number of aryl methyl sites for hydroxylation is 1. The molecule has 1 saturated heterocycles. The van der Waals surface area contributed by atoms with Gasteiger partial charge >= 0.3 is 0 Å². The number of benzene rings is 2. The maximum atomic E-state index is 13.3. The highest BCUT2D eigenvalue weighted by Gasteiger charge is 2.47. The second-order valence-electron chi connectivity index (χ2n) is 8.10. The molecule has 2 heterocycles. The third-order valence-electron chi connectivity index (χ3n) is 6.07. The van der Waals surface area contributed by atoms with Gasteiger partial charge in [-0.2, -0.15) is 0 Å². The first-order valence-electron chi connectivity index (χ1n) is 11.2. The van der Waals surface area contributed by atoms with Gasteiger partial charge in [-0.1, -0.05) is 11.6 Å². The van der Waals surface area contributed by atoms with Crippen LogP contribution in [0.5, 0.6) is 17.2 Å². The largest absolute Gasteiger partial charge is 0.507 e. The van der Waals surface area contributed by atoms with Crippen molar-refractivity contribution >= 4 is 29.1 Å². The monoisotopic (exact) mass is 511 g/mol. The molecule has 1 atom stereocenters. The summed E-state index contributed by atoms with van der Waals surface area (Å²) < 4.78 is 18.0. The van der Waals surface area contributed by atoms with Gasteiger partial charge in [0.15, 0.2) is 0 Å². The Morgan fingerprint density at radius 3 is 2.42 bits per heavy atom. The van der Waals surface area contributed by atoms with Gasteiger partial charge in [0.2, 0.25) is 0 Å². The highest BCUT2D eigenvalue weighted by molar-refractivity contribution is 6.46. The number of ether oxygens (including phenoxy) is 3. The number of aromatic nitrogens is 2. The van der Waals surface area contributed by atoms with E-state index in [1.807, 2.05) is 10.8 Å². The number of likely N-dealkylation sites (tertiary alicyclic amines) is 1. The predicted molar refractivity (Wildman–Crippen MR) is 133 cm³/mol. The van der Waals surface area contributed by atoms with Crippen LogP contribution in [0.2, 0.25) is 5.02 Å². The van der Waals surface area contributed by atoms with E-state index in [0.29, 0.717) is 35.8 Å². The maximum absolute atomic E-state index is 13.3. The zero-order valence-electron chi connectivity index (χ0n) is 20.1. The molecule has 36 heavy (non-hydrogen) atoms. The quantitative estimate of drug-likeness (QED) is 0.262. The Morgan fingerprint density at radius 2 is 1.78 bits per heavy atom. The molecule has 4 rings (SSSR count). The van der Waals surface area contributed by atoms with E-state index >= 15 is 0 Å². The molecular weight excluding hydrogens is 486 g/mol. The van der Waals surface area contributed by atoms with Crippen molar-refractivity contribution in [3.63, 3.8) is 0 Å². The topological polar surface area (TPSA) is 103 Å². The van der Waals surface area contributed by atoms with Crippen molar-refractivity contribution in [3.8, 4) is 17.2 Å². The molecule has 10 heteroatoms. The Balaban J connectivity index is 1.83. The van der Waals surface area contributed by atoms with Gasteiger partial charge in [-0.15, -0.1) is 0 Å². The van der Waals surface area contributed by atoms with Crippen LogP contribution in [0.3, 0.4) is 0 Å². The summed E-state index contributed by atoms with van der Waals surface area (Å²) in [6.07, 6.45) is 5.74. The average Bonchev–Trinajstić information content (AvgIpc) is 3.50. The van der Waals surface area contributed by atoms with E-state index in [2.05, 4.69) is 4.98 Å². The molecule has 0 saturated carbocycles. The van der Waals surface area contributed by atoms with E-state index in [1.54, 1.807) is 42.9 Å². The molecular formula is C26H26ClN3O6. The number of hydrogen-bond acceptors (Lipinski definition) is 7. The molecule has 0 unspecified atom stereocenters. The van der Waals surface area contributed by atoms with Gasteiger partial charge in [0, 0.05) is 36.6 Å². The third kappa shape index (κ3) is 4.74. The highest BCUT2D eigenvalue weighted by atomic mass is 35.5. The SMILES string of the molecule is COc1ccc(OC)c([C@@H]2/C(=C(\O)c3ccc(OC)c(Cl)c3)C(=O)C(=O)N2CCCn2ccnc2)c1. The lowest BCUT2D eigenvalue weighted by Crippen LogP contribution is -2.31. The summed E-state index contributed by atoms with van der Waals surface area (Å²) in [6, 6.07) is 8.86. The second-order valence-corrected chi connectivity index (χ2v) is 8.51. The lowest BCUT2D eigenvalue weighted by molar-refractivity contribution is -0.140. The van der Waals surface area contributed by atoms with Gasteiger partial charge in [0.05, 0.1) is 44.3 Å². The minimum atomic E-state index is -0.904. The summed E-state index contributed by atoms with van der Waals surface area (Å²) in [5.74, 6) is -0.471. The predicted octanol–water partition coefficient (Wildman–Crippen LogP) is 4.07. The molecule has 3 aromatic rings. The number of methoxy groups -OCH3 is 3. The fourth-order valence-electron chi connectivity index (χ4n) is 4.30. The number of halogens is 1. The van der Waals surface area contributed by atoms with Crippen molar-refractivity contribution in [2.24, 2.45) is 0 Å². The number of rotatable bonds is 9. The maximum Gasteiger partial charge on any atom is 0.295 e. The third-order valence-corrected chi connectivity index (χ3v) is 6.37. The Hall–Kier alpha value is -3.98. The highest BCUT2D eigenvalue weighted by Crippen LogP contribution is 2.44. The van der Waals surface area contributed by atoms with Gasteiger partial charge in [0.25, 0.3) is 11.7 Å². The Morgan fingerprint density at radius 1 is 1.03 bits per heavy atom. The van der Waals surface area contributed by atoms with Gasteiger partial charge in [0.1, 0.15) is 23.0 Å². The number of hydrogen-bond donors (Lipinski definition) is 1. The molecule has 1 fully saturated rings. The van der Waals surface area contributed by atoms with E-state index in [9.17, 15) is 14.7 Å². The van der Waals surface area contributed by atoms with Crippen molar-refractivity contribution in [2.75, 3.05) is 27.9 Å². The van der Waals surface area contributed by atoms with Crippen LogP contribution >= 0.6 is 11.6 Å². The van der Waals surface area contributed by atoms with E-state index in [-0.39, 0.29) is 28.5 Å². The summed E-state index contributed by atoms with van der Waals surface area (Å²) in [4.78, 5) is 32.0. The van der Waals surface area contributed by atoms with Crippen molar-refractivity contribution in [1.82, 2.24) is 14.5 Å². The van der Waals surface area contributed by atoms with E-state index in [4.69, 9.17) is 25.8 Å². The molecule has 1 amide bonds. The Labute approximate surface area is 213 Å². The molecule has 188 valence electrons. The number of carbonyl (C=O) groups excluding carboxylic acids is 2. The van der Waals surface area contributed by atoms with Crippen molar-refractivity contribution in [2.45, 2.75) is 19.0 Å². The molecule has 1 aliphatic heterocycles. The van der Waals surface area contributed by atoms with Crippen LogP contribution in [0.15, 0.2) is 60.7 Å². The van der Waals surface area contributed by atoms with E-state index in [1.165, 1.54) is 32.3 Å². The molecule has 0 radical (unpaired) electrons. The van der Waals surface area contributed by atoms with E-state index in [0.717, 1.165) is 0 Å². The van der Waals surface area contributed by atoms with Gasteiger partial charge < -0.3 is 28.8 Å². The average molecular weight is 512 g/mol. The first-order chi connectivity index (χ1) is 17.4. The van der Waals surface area contributed by atoms with Crippen LogP contribution in [-0.2, 0) is 16.1 Å². The smallest absolute Gasteiger partial charge is 0.295 e. The summed E-state index contributed by atoms with van der Waals surface area (Å²) in [5, 5.41) is 11.6. The van der Waals surface area contributed by atoms with Gasteiger partial charge in [-0.3, -0.25) is 9.59 Å². The standard InChI is InChI=1S/C26H26ClN3O6/c1-34-17-6-8-20(35-2)18(14-17)23-22(24(31)16-5-7-21(36-3)19(27)13-16)25(32)26(33)30(23)11-4-10-29-12-9-28-15-29/h5-9,12-15,23,31H,4,10-11H2,1-3H3/b24-22+/t23-/m1/s1. The van der Waals surface area contributed by atoms with Crippen LogP contribution in [0.4, 0.5) is 0 Å². The summed E-state index contributed by atoms with van der Waals surface area (Å²) >= 11 is 6.27. The summed E-state index contributed by atoms with van der Waals surface area (Å²) in [6.45, 7) is 0.854. The zero-order chi connectivity index (χ0) is 25.8. The van der Waals surface area contributed by atoms with Gasteiger partial charge in [-0.25, -0.2) is 4.98 Å². The van der Waals surface area contributed by atoms with Crippen LogP contribution < -0.4 is 14.2 Å². The number of amides is 1. The molecule has 1 N–H and O–H groups in total. The molecule has 2 aromatic carbocycles. The number of Topliss-reactive ketones (excluding diaryl/α,β-unsaturated/α-hetero) is 1. The molecule has 0 spiro atoms. The number of aliphatic hydroxyl groups excluding tert-OH is 1. The van der Waals surface area contributed by atoms with Crippen LogP contribution in [0.25, 0.3) is 5.76 Å². The first kappa shape index (κ1) is 25.1. The lowest BCUT2D eigenvalue weighted by Gasteiger charge is -2.27. The number of carbonyl (C=O) groups is 2. The summed E-state index contributed by atoms with van der Waals surface area (Å²) in [7, 11) is 4.50.